The molecule has 2 aromatic rings. The van der Waals surface area contributed by atoms with Gasteiger partial charge in [0.25, 0.3) is 5.91 Å². The number of carbonyl (C=O) groups is 2. The van der Waals surface area contributed by atoms with Crippen molar-refractivity contribution in [2.75, 3.05) is 0 Å². The first kappa shape index (κ1) is 17.1. The topological polar surface area (TPSA) is 98.5 Å². The van der Waals surface area contributed by atoms with E-state index >= 15 is 0 Å². The number of ether oxygens (including phenoxy) is 1. The van der Waals surface area contributed by atoms with E-state index in [2.05, 4.69) is 5.32 Å². The van der Waals surface area contributed by atoms with Crippen LogP contribution in [0.15, 0.2) is 48.5 Å². The fourth-order valence-electron chi connectivity index (χ4n) is 2.02. The van der Waals surface area contributed by atoms with Gasteiger partial charge in [0.2, 0.25) is 0 Å². The van der Waals surface area contributed by atoms with Gasteiger partial charge in [-0.3, -0.25) is 19.7 Å². The maximum atomic E-state index is 12.1. The summed E-state index contributed by atoms with van der Waals surface area (Å²) in [7, 11) is 0. The van der Waals surface area contributed by atoms with Gasteiger partial charge in [-0.05, 0) is 24.6 Å². The summed E-state index contributed by atoms with van der Waals surface area (Å²) in [5.41, 5.74) is 0.733. The van der Waals surface area contributed by atoms with Crippen LogP contribution < -0.4 is 10.1 Å². The van der Waals surface area contributed by atoms with Crippen molar-refractivity contribution >= 4 is 17.9 Å². The third-order valence-corrected chi connectivity index (χ3v) is 3.30. The van der Waals surface area contributed by atoms with Crippen molar-refractivity contribution in [1.29, 1.82) is 0 Å². The molecule has 0 aliphatic heterocycles. The first-order valence-electron chi connectivity index (χ1n) is 7.23. The number of hydrogen-bond donors (Lipinski definition) is 1. The largest absolute Gasteiger partial charge is 0.474 e. The van der Waals surface area contributed by atoms with E-state index in [1.165, 1.54) is 19.1 Å². The molecule has 0 unspecified atom stereocenters. The van der Waals surface area contributed by atoms with Gasteiger partial charge in [0.15, 0.2) is 11.9 Å². The van der Waals surface area contributed by atoms with E-state index in [1.54, 1.807) is 0 Å². The minimum Gasteiger partial charge on any atom is -0.474 e. The van der Waals surface area contributed by atoms with Crippen molar-refractivity contribution < 1.29 is 19.2 Å². The second kappa shape index (κ2) is 7.87. The number of hydrogen-bond acceptors (Lipinski definition) is 5. The molecule has 0 saturated heterocycles. The predicted molar refractivity (Wildman–Crippen MR) is 86.9 cm³/mol. The smallest absolute Gasteiger partial charge is 0.311 e. The van der Waals surface area contributed by atoms with Crippen molar-refractivity contribution in [2.45, 2.75) is 19.6 Å². The van der Waals surface area contributed by atoms with Gasteiger partial charge in [0.05, 0.1) is 4.92 Å². The van der Waals surface area contributed by atoms with Gasteiger partial charge in [-0.15, -0.1) is 0 Å². The molecule has 24 heavy (non-hydrogen) atoms. The normalized spacial score (nSPS) is 11.4. The molecule has 0 radical (unpaired) electrons. The lowest BCUT2D eigenvalue weighted by molar-refractivity contribution is -0.386. The first-order chi connectivity index (χ1) is 11.5. The van der Waals surface area contributed by atoms with Gasteiger partial charge < -0.3 is 10.1 Å². The van der Waals surface area contributed by atoms with Crippen LogP contribution in [0, 0.1) is 10.1 Å². The van der Waals surface area contributed by atoms with E-state index in [9.17, 15) is 19.7 Å². The van der Waals surface area contributed by atoms with Crippen LogP contribution in [-0.2, 0) is 11.3 Å². The van der Waals surface area contributed by atoms with Crippen molar-refractivity contribution in [2.24, 2.45) is 0 Å². The Morgan fingerprint density at radius 3 is 2.62 bits per heavy atom. The Balaban J connectivity index is 2.03. The number of nitro groups is 1. The van der Waals surface area contributed by atoms with Crippen LogP contribution in [0.4, 0.5) is 5.69 Å². The Labute approximate surface area is 138 Å². The fourth-order valence-corrected chi connectivity index (χ4v) is 2.02. The molecule has 1 amide bonds. The summed E-state index contributed by atoms with van der Waals surface area (Å²) >= 11 is 0. The molecule has 0 aliphatic rings. The highest BCUT2D eigenvalue weighted by Gasteiger charge is 2.21. The van der Waals surface area contributed by atoms with Crippen molar-refractivity contribution in [3.63, 3.8) is 0 Å². The van der Waals surface area contributed by atoms with Crippen LogP contribution in [0.25, 0.3) is 0 Å². The highest BCUT2D eigenvalue weighted by molar-refractivity contribution is 5.81. The summed E-state index contributed by atoms with van der Waals surface area (Å²) in [5.74, 6) is -0.458. The molecule has 0 spiro atoms. The van der Waals surface area contributed by atoms with Gasteiger partial charge in [-0.2, -0.15) is 0 Å². The van der Waals surface area contributed by atoms with Crippen LogP contribution in [-0.4, -0.2) is 23.2 Å². The lowest BCUT2D eigenvalue weighted by atomic mass is 10.2. The highest BCUT2D eigenvalue weighted by atomic mass is 16.6. The Morgan fingerprint density at radius 1 is 1.29 bits per heavy atom. The van der Waals surface area contributed by atoms with Crippen molar-refractivity contribution in [3.05, 3.63) is 69.8 Å². The summed E-state index contributed by atoms with van der Waals surface area (Å²) < 4.78 is 5.39. The lowest BCUT2D eigenvalue weighted by Crippen LogP contribution is -2.36. The SMILES string of the molecule is C[C@H](Oc1ccc(C=O)cc1[N+](=O)[O-])C(=O)NCc1ccccc1. The van der Waals surface area contributed by atoms with Gasteiger partial charge in [-0.1, -0.05) is 30.3 Å². The average Bonchev–Trinajstić information content (AvgIpc) is 2.60. The molecule has 124 valence electrons. The second-order valence-electron chi connectivity index (χ2n) is 5.07. The number of amides is 1. The molecule has 0 saturated carbocycles. The zero-order valence-electron chi connectivity index (χ0n) is 13.0. The zero-order valence-corrected chi connectivity index (χ0v) is 13.0. The van der Waals surface area contributed by atoms with E-state index in [4.69, 9.17) is 4.74 Å². The maximum Gasteiger partial charge on any atom is 0.311 e. The number of aldehydes is 1. The summed E-state index contributed by atoms with van der Waals surface area (Å²) in [5, 5.41) is 13.8. The van der Waals surface area contributed by atoms with E-state index in [1.807, 2.05) is 30.3 Å². The van der Waals surface area contributed by atoms with E-state index in [0.717, 1.165) is 11.6 Å². The molecule has 0 bridgehead atoms. The number of carbonyl (C=O) groups excluding carboxylic acids is 2. The Kier molecular flexibility index (Phi) is 5.62. The summed E-state index contributed by atoms with van der Waals surface area (Å²) in [6.07, 6.45) is -0.415. The minimum atomic E-state index is -0.922. The highest BCUT2D eigenvalue weighted by Crippen LogP contribution is 2.28. The molecule has 0 heterocycles. The predicted octanol–water partition coefficient (Wildman–Crippen LogP) is 2.49. The number of benzene rings is 2. The van der Waals surface area contributed by atoms with Crippen LogP contribution in [0.1, 0.15) is 22.8 Å². The quantitative estimate of drug-likeness (QED) is 0.478. The van der Waals surface area contributed by atoms with E-state index in [0.29, 0.717) is 12.8 Å². The van der Waals surface area contributed by atoms with Crippen LogP contribution in [0.2, 0.25) is 0 Å². The molecule has 7 nitrogen and oxygen atoms in total. The Hall–Kier alpha value is -3.22. The van der Waals surface area contributed by atoms with Crippen LogP contribution in [0.3, 0.4) is 0 Å². The molecular weight excluding hydrogens is 312 g/mol. The van der Waals surface area contributed by atoms with E-state index in [-0.39, 0.29) is 17.0 Å². The van der Waals surface area contributed by atoms with Gasteiger partial charge in [0.1, 0.15) is 6.29 Å². The minimum absolute atomic E-state index is 0.0621. The fraction of sp³-hybridized carbons (Fsp3) is 0.176. The maximum absolute atomic E-state index is 12.1. The Bertz CT molecular complexity index is 746. The zero-order chi connectivity index (χ0) is 17.5. The molecule has 0 aromatic heterocycles. The summed E-state index contributed by atoms with van der Waals surface area (Å²) in [4.78, 5) is 33.2. The van der Waals surface area contributed by atoms with Crippen molar-refractivity contribution in [3.8, 4) is 5.75 Å². The van der Waals surface area contributed by atoms with E-state index < -0.39 is 16.9 Å². The number of nitro benzene ring substituents is 1. The third kappa shape index (κ3) is 4.39. The standard InChI is InChI=1S/C17H16N2O5/c1-12(17(21)18-10-13-5-3-2-4-6-13)24-16-8-7-14(11-20)9-15(16)19(22)23/h2-9,11-12H,10H2,1H3,(H,18,21)/t12-/m0/s1. The summed E-state index contributed by atoms with van der Waals surface area (Å²) in [6.45, 7) is 1.83. The number of nitrogens with zero attached hydrogens (tertiary/aromatic N) is 1. The second-order valence-corrected chi connectivity index (χ2v) is 5.07. The molecule has 0 fully saturated rings. The average molecular weight is 328 g/mol. The number of rotatable bonds is 7. The molecule has 2 rings (SSSR count). The van der Waals surface area contributed by atoms with Gasteiger partial charge in [0, 0.05) is 18.2 Å². The Morgan fingerprint density at radius 2 is 2.00 bits per heavy atom. The number of nitrogens with one attached hydrogen (secondary N) is 1. The van der Waals surface area contributed by atoms with Gasteiger partial charge >= 0.3 is 5.69 Å². The molecular formula is C17H16N2O5. The molecule has 0 aliphatic carbocycles. The lowest BCUT2D eigenvalue weighted by Gasteiger charge is -2.15. The van der Waals surface area contributed by atoms with Crippen LogP contribution in [0.5, 0.6) is 5.75 Å². The third-order valence-electron chi connectivity index (χ3n) is 3.30. The monoisotopic (exact) mass is 328 g/mol. The first-order valence-corrected chi connectivity index (χ1v) is 7.23. The molecule has 1 atom stereocenters. The van der Waals surface area contributed by atoms with Crippen LogP contribution >= 0.6 is 0 Å². The molecule has 2 aromatic carbocycles. The van der Waals surface area contributed by atoms with Crippen molar-refractivity contribution in [1.82, 2.24) is 5.32 Å². The van der Waals surface area contributed by atoms with Gasteiger partial charge in [-0.25, -0.2) is 0 Å². The molecule has 1 N–H and O–H groups in total. The summed E-state index contributed by atoms with van der Waals surface area (Å²) in [6, 6.07) is 13.1. The molecule has 7 heteroatoms.